The van der Waals surface area contributed by atoms with Crippen LogP contribution < -0.4 is 0 Å². The summed E-state index contributed by atoms with van der Waals surface area (Å²) in [5.74, 6) is 3.37. The summed E-state index contributed by atoms with van der Waals surface area (Å²) in [5.41, 5.74) is 28.7. The van der Waals surface area contributed by atoms with Crippen LogP contribution in [0.5, 0.6) is 0 Å². The van der Waals surface area contributed by atoms with Gasteiger partial charge in [0.1, 0.15) is 0 Å². The maximum atomic E-state index is 5.21. The van der Waals surface area contributed by atoms with E-state index in [2.05, 4.69) is 388 Å². The molecule has 144 heavy (non-hydrogen) atoms. The zero-order valence-electron chi connectivity index (χ0n) is 78.1. The quantitative estimate of drug-likeness (QED) is 0.0915. The van der Waals surface area contributed by atoms with Crippen LogP contribution >= 0.6 is 0 Å². The Hall–Kier alpha value is -19.4. The number of pyridine rings is 3. The van der Waals surface area contributed by atoms with Gasteiger partial charge in [-0.15, -0.1) is 0 Å². The van der Waals surface area contributed by atoms with E-state index in [0.29, 0.717) is 23.3 Å². The Balaban J connectivity index is 0.000000113. The first kappa shape index (κ1) is 86.2. The van der Waals surface area contributed by atoms with Gasteiger partial charge in [-0.05, 0) is 102 Å². The molecule has 0 atom stereocenters. The highest BCUT2D eigenvalue weighted by molar-refractivity contribution is 6.25. The summed E-state index contributed by atoms with van der Waals surface area (Å²) in [6.07, 6.45) is 0. The molecule has 0 amide bonds. The Morgan fingerprint density at radius 1 is 0.104 bits per heavy atom. The fourth-order valence-corrected chi connectivity index (χ4v) is 19.9. The van der Waals surface area contributed by atoms with Gasteiger partial charge in [-0.25, -0.2) is 49.8 Å². The second-order valence-corrected chi connectivity index (χ2v) is 36.0. The molecule has 27 aromatic rings. The van der Waals surface area contributed by atoms with Crippen LogP contribution in [0.2, 0.25) is 0 Å². The van der Waals surface area contributed by atoms with Gasteiger partial charge in [0.25, 0.3) is 0 Å². The van der Waals surface area contributed by atoms with Gasteiger partial charge in [-0.2, -0.15) is 0 Å². The largest absolute Gasteiger partial charge is 0.247 e. The molecule has 0 saturated heterocycles. The molecule has 6 aromatic heterocycles. The van der Waals surface area contributed by atoms with Crippen LogP contribution in [0.4, 0.5) is 0 Å². The minimum absolute atomic E-state index is 0.641. The molecule has 0 N–H and O–H groups in total. The molecule has 0 spiro atoms. The smallest absolute Gasteiger partial charge is 0.164 e. The van der Waals surface area contributed by atoms with Crippen molar-refractivity contribution in [1.82, 2.24) is 49.8 Å². The number of rotatable bonds is 15. The number of aromatic nitrogens is 10. The Morgan fingerprint density at radius 2 is 0.312 bits per heavy atom. The number of nitrogens with zero attached hydrogens (tertiary/aromatic N) is 10. The summed E-state index contributed by atoms with van der Waals surface area (Å²) in [7, 11) is 0. The molecule has 10 heteroatoms. The van der Waals surface area contributed by atoms with Gasteiger partial charge in [0.15, 0.2) is 29.1 Å². The van der Waals surface area contributed by atoms with Gasteiger partial charge in [-0.3, -0.25) is 0 Å². The number of para-hydroxylation sites is 3. The lowest BCUT2D eigenvalue weighted by Crippen LogP contribution is -2.00. The van der Waals surface area contributed by atoms with Crippen LogP contribution in [0.25, 0.3) is 266 Å². The van der Waals surface area contributed by atoms with Crippen molar-refractivity contribution in [3.05, 3.63) is 522 Å². The Labute approximate surface area is 832 Å². The monoisotopic (exact) mass is 1830 g/mol. The minimum atomic E-state index is 0.641. The molecule has 0 radical (unpaired) electrons. The first-order chi connectivity index (χ1) is 71.3. The van der Waals surface area contributed by atoms with E-state index in [1.54, 1.807) is 0 Å². The molecule has 0 saturated carbocycles. The maximum Gasteiger partial charge on any atom is 0.164 e. The van der Waals surface area contributed by atoms with Crippen molar-refractivity contribution in [2.45, 2.75) is 0 Å². The lowest BCUT2D eigenvalue weighted by molar-refractivity contribution is 1.07. The van der Waals surface area contributed by atoms with E-state index in [0.717, 1.165) is 173 Å². The number of hydrogen-bond donors (Lipinski definition) is 0. The summed E-state index contributed by atoms with van der Waals surface area (Å²) < 4.78 is 0. The van der Waals surface area contributed by atoms with Crippen molar-refractivity contribution in [3.8, 4) is 169 Å². The summed E-state index contributed by atoms with van der Waals surface area (Å²) in [6, 6.07) is 182. The van der Waals surface area contributed by atoms with Gasteiger partial charge in [-0.1, -0.05) is 485 Å². The van der Waals surface area contributed by atoms with Crippen LogP contribution in [0, 0.1) is 0 Å². The van der Waals surface area contributed by atoms with E-state index < -0.39 is 0 Å². The highest BCUT2D eigenvalue weighted by Crippen LogP contribution is 2.44. The van der Waals surface area contributed by atoms with Crippen LogP contribution in [0.1, 0.15) is 0 Å². The van der Waals surface area contributed by atoms with Gasteiger partial charge >= 0.3 is 0 Å². The molecule has 0 bridgehead atoms. The molecule has 0 aliphatic heterocycles. The topological polar surface area (TPSA) is 129 Å². The summed E-state index contributed by atoms with van der Waals surface area (Å²) >= 11 is 0. The molecule has 0 aliphatic rings. The Morgan fingerprint density at radius 3 is 0.625 bits per heavy atom. The zero-order valence-corrected chi connectivity index (χ0v) is 78.1. The molecule has 672 valence electrons. The van der Waals surface area contributed by atoms with Crippen molar-refractivity contribution in [3.63, 3.8) is 0 Å². The Bertz CT molecular complexity index is 8910. The maximum absolute atomic E-state index is 5.21. The van der Waals surface area contributed by atoms with Crippen molar-refractivity contribution in [2.24, 2.45) is 0 Å². The average Bonchev–Trinajstić information content (AvgIpc) is 0.746. The highest BCUT2D eigenvalue weighted by atomic mass is 15.0. The van der Waals surface area contributed by atoms with Crippen molar-refractivity contribution >= 4 is 97.3 Å². The molecule has 0 fully saturated rings. The first-order valence-electron chi connectivity index (χ1n) is 48.5. The van der Waals surface area contributed by atoms with Crippen LogP contribution in [-0.2, 0) is 0 Å². The lowest BCUT2D eigenvalue weighted by atomic mass is 9.94. The van der Waals surface area contributed by atoms with Crippen LogP contribution in [0.15, 0.2) is 522 Å². The van der Waals surface area contributed by atoms with Gasteiger partial charge in [0, 0.05) is 115 Å². The third-order valence-corrected chi connectivity index (χ3v) is 27.1. The summed E-state index contributed by atoms with van der Waals surface area (Å²) in [4.78, 5) is 50.1. The molecule has 6 heterocycles. The normalized spacial score (nSPS) is 11.3. The molecule has 0 aliphatic carbocycles. The molecule has 27 rings (SSSR count). The van der Waals surface area contributed by atoms with Crippen molar-refractivity contribution in [1.29, 1.82) is 0 Å². The number of hydrogen-bond acceptors (Lipinski definition) is 10. The molecular weight excluding hydrogens is 1750 g/mol. The van der Waals surface area contributed by atoms with Crippen molar-refractivity contribution < 1.29 is 0 Å². The lowest BCUT2D eigenvalue weighted by Gasteiger charge is -2.13. The average molecular weight is 1840 g/mol. The first-order valence-corrected chi connectivity index (χ1v) is 48.5. The van der Waals surface area contributed by atoms with E-state index in [9.17, 15) is 0 Å². The van der Waals surface area contributed by atoms with Crippen molar-refractivity contribution in [2.75, 3.05) is 0 Å². The van der Waals surface area contributed by atoms with E-state index >= 15 is 0 Å². The standard InChI is InChI=1S/2C45H29N3.C44H28N4/c1-3-12-33(13-4-1)41-29-42(48-45(47-41)36-14-5-2-6-15-36)34-23-19-30(20-24-34)31-21-25-35(26-22-31)44-39-28-27-32-11-7-8-16-37(32)43(39)38-17-9-10-18-40(38)46-44;1-3-12-33(13-4-1)41-29-42(34-14-5-2-6-15-34)48-45(47-41)36-25-21-31(22-26-36)30-19-23-35(24-20-30)44-39-28-27-32-11-7-8-16-37(32)43(39)38-17-9-10-18-40(38)46-44;1-3-13-31(14-4-1)42-46-43(32-15-5-2-6-16-32)48-44(47-42)33-24-22-29(23-25-33)34-17-11-18-35(28-34)41-38-27-26-30-12-7-8-19-36(30)40(38)37-20-9-10-21-39(37)45-41/h2*1-29H;1-28H. The summed E-state index contributed by atoms with van der Waals surface area (Å²) in [6.45, 7) is 0. The molecular formula is C134H86N10. The van der Waals surface area contributed by atoms with E-state index in [1.807, 2.05) is 133 Å². The van der Waals surface area contributed by atoms with Gasteiger partial charge in [0.2, 0.25) is 0 Å². The van der Waals surface area contributed by atoms with Crippen LogP contribution in [0.3, 0.4) is 0 Å². The van der Waals surface area contributed by atoms with E-state index in [-0.39, 0.29) is 0 Å². The number of fused-ring (bicyclic) bond motifs is 15. The third-order valence-electron chi connectivity index (χ3n) is 27.1. The fraction of sp³-hybridized carbons (Fsp3) is 0. The number of benzene rings is 21. The Kier molecular flexibility index (Phi) is 22.8. The second kappa shape index (κ2) is 38.2. The van der Waals surface area contributed by atoms with Crippen LogP contribution in [-0.4, -0.2) is 49.8 Å². The predicted molar refractivity (Wildman–Crippen MR) is 596 cm³/mol. The third kappa shape index (κ3) is 17.1. The molecule has 0 unspecified atom stereocenters. The second-order valence-electron chi connectivity index (χ2n) is 36.0. The SMILES string of the molecule is c1ccc(-c2cc(-c3ccc(-c4ccc(-c5nc6ccccc6c6c5ccc5ccccc56)cc4)cc3)nc(-c3ccccc3)n2)cc1.c1ccc(-c2cc(-c3ccccc3)nc(-c3ccc(-c4ccc(-c5nc6ccccc6c6c5ccc5ccccc56)cc4)cc3)n2)cc1.c1ccc(-c2nc(-c3ccccc3)nc(-c3ccc(-c4cccc(-c5nc6ccccc6c6c5ccc5ccccc56)c4)cc3)n2)cc1. The zero-order chi connectivity index (χ0) is 95.6. The van der Waals surface area contributed by atoms with E-state index in [1.165, 1.54) is 70.0 Å². The van der Waals surface area contributed by atoms with Gasteiger partial charge < -0.3 is 0 Å². The van der Waals surface area contributed by atoms with E-state index in [4.69, 9.17) is 49.8 Å². The highest BCUT2D eigenvalue weighted by Gasteiger charge is 2.22. The fourth-order valence-electron chi connectivity index (χ4n) is 19.9. The summed E-state index contributed by atoms with van der Waals surface area (Å²) in [5, 5.41) is 18.2. The molecule has 21 aromatic carbocycles. The minimum Gasteiger partial charge on any atom is -0.247 e. The van der Waals surface area contributed by atoms with Gasteiger partial charge in [0.05, 0.1) is 56.4 Å². The molecule has 10 nitrogen and oxygen atoms in total. The predicted octanol–water partition coefficient (Wildman–Crippen LogP) is 34.4.